The molecule has 0 spiro atoms. The number of pyridine rings is 1. The fourth-order valence-corrected chi connectivity index (χ4v) is 2.45. The van der Waals surface area contributed by atoms with E-state index in [0.717, 1.165) is 15.6 Å². The minimum Gasteiger partial charge on any atom is -0.328 e. The van der Waals surface area contributed by atoms with E-state index in [4.69, 9.17) is 17.3 Å². The molecule has 0 saturated carbocycles. The van der Waals surface area contributed by atoms with Crippen molar-refractivity contribution >= 4 is 27.5 Å². The fraction of sp³-hybridized carbons (Fsp3) is 0.143. The van der Waals surface area contributed by atoms with Crippen molar-refractivity contribution in [2.24, 2.45) is 5.73 Å². The van der Waals surface area contributed by atoms with E-state index in [2.05, 4.69) is 27.0 Å². The van der Waals surface area contributed by atoms with Crippen LogP contribution in [0, 0.1) is 11.3 Å². The summed E-state index contributed by atoms with van der Waals surface area (Å²) in [6.07, 6.45) is 3.33. The Hall–Kier alpha value is -1.41. The summed E-state index contributed by atoms with van der Waals surface area (Å²) in [5, 5.41) is 10.2. The van der Waals surface area contributed by atoms with Gasteiger partial charge in [-0.1, -0.05) is 23.7 Å². The van der Waals surface area contributed by atoms with E-state index in [9.17, 15) is 5.26 Å². The zero-order valence-electron chi connectivity index (χ0n) is 9.98. The van der Waals surface area contributed by atoms with Crippen molar-refractivity contribution < 1.29 is 0 Å². The first-order valence-electron chi connectivity index (χ1n) is 5.61. The van der Waals surface area contributed by atoms with Crippen LogP contribution in [-0.4, -0.2) is 11.5 Å². The van der Waals surface area contributed by atoms with Crippen LogP contribution in [0.15, 0.2) is 47.2 Å². The van der Waals surface area contributed by atoms with Gasteiger partial charge in [0, 0.05) is 23.4 Å². The maximum absolute atomic E-state index is 9.64. The van der Waals surface area contributed by atoms with Crippen molar-refractivity contribution in [2.75, 3.05) is 6.54 Å². The van der Waals surface area contributed by atoms with Crippen molar-refractivity contribution in [3.8, 4) is 6.07 Å². The number of rotatable bonds is 3. The molecule has 2 N–H and O–H groups in total. The number of nitrogens with zero attached hydrogens (tertiary/aromatic N) is 2. The van der Waals surface area contributed by atoms with Gasteiger partial charge < -0.3 is 5.73 Å². The van der Waals surface area contributed by atoms with Crippen molar-refractivity contribution in [3.63, 3.8) is 0 Å². The van der Waals surface area contributed by atoms with Crippen LogP contribution in [-0.2, 0) is 5.41 Å². The summed E-state index contributed by atoms with van der Waals surface area (Å²) in [5.74, 6) is 0. The Labute approximate surface area is 125 Å². The third-order valence-corrected chi connectivity index (χ3v) is 4.28. The Morgan fingerprint density at radius 1 is 1.37 bits per heavy atom. The molecular weight excluding hydrogens is 326 g/mol. The minimum atomic E-state index is -0.915. The number of hydrogen-bond donors (Lipinski definition) is 1. The Morgan fingerprint density at radius 2 is 2.16 bits per heavy atom. The summed E-state index contributed by atoms with van der Waals surface area (Å²) in [6.45, 7) is 0.170. The van der Waals surface area contributed by atoms with Gasteiger partial charge in [0.05, 0.1) is 11.1 Å². The number of aromatic nitrogens is 1. The Morgan fingerprint density at radius 3 is 2.68 bits per heavy atom. The molecule has 5 heteroatoms. The van der Waals surface area contributed by atoms with E-state index in [1.807, 2.05) is 18.2 Å². The van der Waals surface area contributed by atoms with E-state index in [1.54, 1.807) is 24.5 Å². The summed E-state index contributed by atoms with van der Waals surface area (Å²) in [4.78, 5) is 4.07. The number of nitriles is 1. The van der Waals surface area contributed by atoms with E-state index < -0.39 is 5.41 Å². The molecule has 0 aliphatic carbocycles. The van der Waals surface area contributed by atoms with Crippen molar-refractivity contribution in [1.82, 2.24) is 4.98 Å². The standard InChI is InChI=1S/C14H11BrClN3/c15-12-6-10(3-4-13(12)16)14(8-17,9-18)11-2-1-5-19-7-11/h1-7H,8,17H2. The second-order valence-corrected chi connectivity index (χ2v) is 5.35. The van der Waals surface area contributed by atoms with Crippen LogP contribution in [0.25, 0.3) is 0 Å². The van der Waals surface area contributed by atoms with Gasteiger partial charge in [0.15, 0.2) is 0 Å². The van der Waals surface area contributed by atoms with Crippen molar-refractivity contribution in [1.29, 1.82) is 5.26 Å². The molecule has 96 valence electrons. The molecule has 0 saturated heterocycles. The Kier molecular flexibility index (Phi) is 4.20. The van der Waals surface area contributed by atoms with E-state index in [-0.39, 0.29) is 6.54 Å². The van der Waals surface area contributed by atoms with E-state index in [0.29, 0.717) is 5.02 Å². The molecule has 2 rings (SSSR count). The average Bonchev–Trinajstić information content (AvgIpc) is 2.46. The van der Waals surface area contributed by atoms with Crippen LogP contribution in [0.5, 0.6) is 0 Å². The summed E-state index contributed by atoms with van der Waals surface area (Å²) < 4.78 is 0.739. The molecule has 1 unspecified atom stereocenters. The summed E-state index contributed by atoms with van der Waals surface area (Å²) in [7, 11) is 0. The third-order valence-electron chi connectivity index (χ3n) is 3.06. The molecular formula is C14H11BrClN3. The van der Waals surface area contributed by atoms with Crippen molar-refractivity contribution in [2.45, 2.75) is 5.41 Å². The lowest BCUT2D eigenvalue weighted by Crippen LogP contribution is -2.35. The fourth-order valence-electron chi connectivity index (χ4n) is 1.95. The van der Waals surface area contributed by atoms with Gasteiger partial charge in [-0.15, -0.1) is 0 Å². The molecule has 0 aliphatic rings. The normalized spacial score (nSPS) is 13.6. The van der Waals surface area contributed by atoms with Gasteiger partial charge in [-0.2, -0.15) is 5.26 Å². The summed E-state index contributed by atoms with van der Waals surface area (Å²) in [6, 6.07) is 11.4. The van der Waals surface area contributed by atoms with Gasteiger partial charge in [0.2, 0.25) is 0 Å². The second kappa shape index (κ2) is 5.70. The van der Waals surface area contributed by atoms with Crippen LogP contribution < -0.4 is 5.73 Å². The molecule has 0 aliphatic heterocycles. The lowest BCUT2D eigenvalue weighted by atomic mass is 9.76. The number of hydrogen-bond acceptors (Lipinski definition) is 3. The number of nitrogens with two attached hydrogens (primary N) is 1. The lowest BCUT2D eigenvalue weighted by Gasteiger charge is -2.26. The molecule has 3 nitrogen and oxygen atoms in total. The molecule has 2 aromatic rings. The summed E-state index contributed by atoms with van der Waals surface area (Å²) in [5.41, 5.74) is 6.52. The molecule has 1 aromatic heterocycles. The minimum absolute atomic E-state index is 0.170. The second-order valence-electron chi connectivity index (χ2n) is 4.09. The SMILES string of the molecule is N#CC(CN)(c1cccnc1)c1ccc(Cl)c(Br)c1. The van der Waals surface area contributed by atoms with Gasteiger partial charge in [-0.3, -0.25) is 4.98 Å². The molecule has 1 heterocycles. The highest BCUT2D eigenvalue weighted by atomic mass is 79.9. The maximum atomic E-state index is 9.64. The van der Waals surface area contributed by atoms with Crippen LogP contribution in [0.1, 0.15) is 11.1 Å². The quantitative estimate of drug-likeness (QED) is 0.935. The molecule has 1 aromatic carbocycles. The van der Waals surface area contributed by atoms with Gasteiger partial charge in [0.1, 0.15) is 5.41 Å². The highest BCUT2D eigenvalue weighted by molar-refractivity contribution is 9.10. The molecule has 19 heavy (non-hydrogen) atoms. The predicted molar refractivity (Wildman–Crippen MR) is 78.8 cm³/mol. The smallest absolute Gasteiger partial charge is 0.121 e. The number of halogens is 2. The highest BCUT2D eigenvalue weighted by Gasteiger charge is 2.33. The van der Waals surface area contributed by atoms with Crippen LogP contribution >= 0.6 is 27.5 Å². The van der Waals surface area contributed by atoms with Gasteiger partial charge in [-0.05, 0) is 45.3 Å². The number of benzene rings is 1. The average molecular weight is 337 g/mol. The maximum Gasteiger partial charge on any atom is 0.121 e. The first-order chi connectivity index (χ1) is 9.14. The molecule has 0 fully saturated rings. The van der Waals surface area contributed by atoms with E-state index in [1.165, 1.54) is 0 Å². The molecule has 0 radical (unpaired) electrons. The van der Waals surface area contributed by atoms with Crippen molar-refractivity contribution in [3.05, 3.63) is 63.3 Å². The van der Waals surface area contributed by atoms with Gasteiger partial charge >= 0.3 is 0 Å². The van der Waals surface area contributed by atoms with Gasteiger partial charge in [-0.25, -0.2) is 0 Å². The first-order valence-corrected chi connectivity index (χ1v) is 6.78. The highest BCUT2D eigenvalue weighted by Crippen LogP contribution is 2.34. The summed E-state index contributed by atoms with van der Waals surface area (Å²) >= 11 is 9.36. The Balaban J connectivity index is 2.63. The molecule has 1 atom stereocenters. The van der Waals surface area contributed by atoms with Crippen LogP contribution in [0.3, 0.4) is 0 Å². The molecule has 0 amide bonds. The molecule has 0 bridgehead atoms. The monoisotopic (exact) mass is 335 g/mol. The zero-order chi connectivity index (χ0) is 13.9. The Bertz CT molecular complexity index is 624. The van der Waals surface area contributed by atoms with Gasteiger partial charge in [0.25, 0.3) is 0 Å². The topological polar surface area (TPSA) is 62.7 Å². The first kappa shape index (κ1) is 14.0. The largest absolute Gasteiger partial charge is 0.328 e. The third kappa shape index (κ3) is 2.50. The van der Waals surface area contributed by atoms with Crippen LogP contribution in [0.4, 0.5) is 0 Å². The van der Waals surface area contributed by atoms with Crippen LogP contribution in [0.2, 0.25) is 5.02 Å². The lowest BCUT2D eigenvalue weighted by molar-refractivity contribution is 0.666. The predicted octanol–water partition coefficient (Wildman–Crippen LogP) is 3.27. The zero-order valence-corrected chi connectivity index (χ0v) is 12.3. The van der Waals surface area contributed by atoms with E-state index >= 15 is 0 Å².